The number of halogens is 1. The zero-order valence-electron chi connectivity index (χ0n) is 15.1. The number of benzene rings is 1. The molecule has 0 bridgehead atoms. The van der Waals surface area contributed by atoms with Gasteiger partial charge < -0.3 is 14.2 Å². The zero-order valence-corrected chi connectivity index (χ0v) is 15.8. The molecule has 0 saturated carbocycles. The maximum Gasteiger partial charge on any atom is 0.496 e. The number of hydrogen-bond acceptors (Lipinski definition) is 3. The van der Waals surface area contributed by atoms with Crippen molar-refractivity contribution in [1.29, 1.82) is 0 Å². The molecule has 1 atom stereocenters. The molecule has 2 fully saturated rings. The molecule has 2 heterocycles. The summed E-state index contributed by atoms with van der Waals surface area (Å²) in [5, 5.41) is 0.555. The molecule has 0 aliphatic carbocycles. The summed E-state index contributed by atoms with van der Waals surface area (Å²) >= 11 is 6.37. The quantitative estimate of drug-likeness (QED) is 0.769. The topological polar surface area (TPSA) is 38.8 Å². The van der Waals surface area contributed by atoms with E-state index in [1.165, 1.54) is 0 Å². The standard InChI is InChI=1S/C18H25BClNO3/c1-12-7-6-10-21(12)16(22)13-8-9-15(20)14(11-13)19-23-17(2,3)18(4,5)24-19/h8-9,11-12H,6-7,10H2,1-5H3/t12-/m1/s1. The lowest BCUT2D eigenvalue weighted by Crippen LogP contribution is -2.41. The van der Waals surface area contributed by atoms with Gasteiger partial charge in [-0.2, -0.15) is 0 Å². The third-order valence-electron chi connectivity index (χ3n) is 5.56. The van der Waals surface area contributed by atoms with Crippen LogP contribution in [-0.2, 0) is 9.31 Å². The van der Waals surface area contributed by atoms with Crippen LogP contribution in [0.3, 0.4) is 0 Å². The fraction of sp³-hybridized carbons (Fsp3) is 0.611. The van der Waals surface area contributed by atoms with Gasteiger partial charge in [-0.1, -0.05) is 11.6 Å². The summed E-state index contributed by atoms with van der Waals surface area (Å²) in [5.41, 5.74) is 0.473. The Morgan fingerprint density at radius 1 is 1.25 bits per heavy atom. The lowest BCUT2D eigenvalue weighted by Gasteiger charge is -2.32. The van der Waals surface area contributed by atoms with Gasteiger partial charge in [0.2, 0.25) is 0 Å². The Morgan fingerprint density at radius 3 is 2.42 bits per heavy atom. The van der Waals surface area contributed by atoms with Gasteiger partial charge in [0, 0.05) is 28.6 Å². The summed E-state index contributed by atoms with van der Waals surface area (Å²) in [6.45, 7) is 10.9. The summed E-state index contributed by atoms with van der Waals surface area (Å²) in [7, 11) is -0.564. The highest BCUT2D eigenvalue weighted by Gasteiger charge is 2.52. The summed E-state index contributed by atoms with van der Waals surface area (Å²) in [4.78, 5) is 14.7. The van der Waals surface area contributed by atoms with Gasteiger partial charge in [-0.25, -0.2) is 0 Å². The Labute approximate surface area is 149 Å². The minimum atomic E-state index is -0.564. The Balaban J connectivity index is 1.89. The first-order valence-corrected chi connectivity index (χ1v) is 8.96. The van der Waals surface area contributed by atoms with Gasteiger partial charge in [0.1, 0.15) is 0 Å². The second-order valence-corrected chi connectivity index (χ2v) is 8.22. The predicted molar refractivity (Wildman–Crippen MR) is 96.9 cm³/mol. The van der Waals surface area contributed by atoms with Gasteiger partial charge in [-0.3, -0.25) is 4.79 Å². The van der Waals surface area contributed by atoms with E-state index >= 15 is 0 Å². The Hall–Kier alpha value is -1.04. The van der Waals surface area contributed by atoms with Gasteiger partial charge in [-0.05, 0) is 65.7 Å². The lowest BCUT2D eigenvalue weighted by atomic mass is 9.78. The van der Waals surface area contributed by atoms with E-state index in [0.29, 0.717) is 16.0 Å². The van der Waals surface area contributed by atoms with Crippen molar-refractivity contribution < 1.29 is 14.1 Å². The molecule has 0 spiro atoms. The number of carbonyl (C=O) groups is 1. The highest BCUT2D eigenvalue weighted by atomic mass is 35.5. The van der Waals surface area contributed by atoms with Crippen LogP contribution in [0.4, 0.5) is 0 Å². The Kier molecular flexibility index (Phi) is 4.48. The molecule has 2 saturated heterocycles. The number of rotatable bonds is 2. The van der Waals surface area contributed by atoms with Crippen LogP contribution < -0.4 is 5.46 Å². The van der Waals surface area contributed by atoms with E-state index in [1.54, 1.807) is 12.1 Å². The second kappa shape index (κ2) is 6.04. The molecule has 1 amide bonds. The van der Waals surface area contributed by atoms with Crippen molar-refractivity contribution in [3.63, 3.8) is 0 Å². The minimum absolute atomic E-state index is 0.0504. The Morgan fingerprint density at radius 2 is 1.88 bits per heavy atom. The highest BCUT2D eigenvalue weighted by Crippen LogP contribution is 2.37. The molecule has 4 nitrogen and oxygen atoms in total. The van der Waals surface area contributed by atoms with Crippen molar-refractivity contribution in [2.45, 2.75) is 64.7 Å². The molecule has 0 unspecified atom stereocenters. The van der Waals surface area contributed by atoms with Crippen LogP contribution in [0.15, 0.2) is 18.2 Å². The van der Waals surface area contributed by atoms with Crippen molar-refractivity contribution >= 4 is 30.1 Å². The van der Waals surface area contributed by atoms with E-state index in [1.807, 2.05) is 38.7 Å². The van der Waals surface area contributed by atoms with Crippen molar-refractivity contribution in [2.24, 2.45) is 0 Å². The zero-order chi connectivity index (χ0) is 17.7. The molecule has 24 heavy (non-hydrogen) atoms. The van der Waals surface area contributed by atoms with Crippen molar-refractivity contribution in [1.82, 2.24) is 4.90 Å². The van der Waals surface area contributed by atoms with E-state index in [4.69, 9.17) is 20.9 Å². The van der Waals surface area contributed by atoms with E-state index in [9.17, 15) is 4.79 Å². The normalized spacial score (nSPS) is 25.3. The first-order chi connectivity index (χ1) is 11.1. The molecule has 1 aromatic rings. The molecule has 1 aromatic carbocycles. The van der Waals surface area contributed by atoms with E-state index < -0.39 is 18.3 Å². The van der Waals surface area contributed by atoms with Gasteiger partial charge in [0.15, 0.2) is 0 Å². The van der Waals surface area contributed by atoms with Crippen molar-refractivity contribution in [3.05, 3.63) is 28.8 Å². The maximum absolute atomic E-state index is 12.8. The number of hydrogen-bond donors (Lipinski definition) is 0. The van der Waals surface area contributed by atoms with Crippen LogP contribution in [0.5, 0.6) is 0 Å². The largest absolute Gasteiger partial charge is 0.496 e. The van der Waals surface area contributed by atoms with Gasteiger partial charge in [0.05, 0.1) is 11.2 Å². The third kappa shape index (κ3) is 2.98. The van der Waals surface area contributed by atoms with E-state index in [-0.39, 0.29) is 11.9 Å². The van der Waals surface area contributed by atoms with Gasteiger partial charge in [0.25, 0.3) is 5.91 Å². The van der Waals surface area contributed by atoms with Crippen LogP contribution >= 0.6 is 11.6 Å². The van der Waals surface area contributed by atoms with Crippen molar-refractivity contribution in [3.8, 4) is 0 Å². The molecule has 3 rings (SSSR count). The average molecular weight is 350 g/mol. The van der Waals surface area contributed by atoms with E-state index in [0.717, 1.165) is 19.4 Å². The number of likely N-dealkylation sites (tertiary alicyclic amines) is 1. The number of carbonyl (C=O) groups excluding carboxylic acids is 1. The Bertz CT molecular complexity index is 646. The smallest absolute Gasteiger partial charge is 0.399 e. The fourth-order valence-electron chi connectivity index (χ4n) is 3.23. The molecule has 2 aliphatic heterocycles. The SMILES string of the molecule is C[C@@H]1CCCN1C(=O)c1ccc(Cl)c(B2OC(C)(C)C(C)(C)O2)c1. The molecule has 130 valence electrons. The monoisotopic (exact) mass is 349 g/mol. The van der Waals surface area contributed by atoms with Crippen LogP contribution in [-0.4, -0.2) is 41.7 Å². The molecular weight excluding hydrogens is 324 g/mol. The minimum Gasteiger partial charge on any atom is -0.399 e. The first kappa shape index (κ1) is 17.8. The number of nitrogens with zero attached hydrogens (tertiary/aromatic N) is 1. The van der Waals surface area contributed by atoms with Crippen LogP contribution in [0, 0.1) is 0 Å². The fourth-order valence-corrected chi connectivity index (χ4v) is 3.43. The molecule has 6 heteroatoms. The predicted octanol–water partition coefficient (Wildman–Crippen LogP) is 3.26. The van der Waals surface area contributed by atoms with Crippen LogP contribution in [0.1, 0.15) is 57.8 Å². The van der Waals surface area contributed by atoms with Gasteiger partial charge in [-0.15, -0.1) is 0 Å². The summed E-state index contributed by atoms with van der Waals surface area (Å²) in [6, 6.07) is 5.64. The van der Waals surface area contributed by atoms with Crippen LogP contribution in [0.2, 0.25) is 5.02 Å². The molecule has 0 radical (unpaired) electrons. The van der Waals surface area contributed by atoms with Crippen molar-refractivity contribution in [2.75, 3.05) is 6.54 Å². The lowest BCUT2D eigenvalue weighted by molar-refractivity contribution is 0.00578. The highest BCUT2D eigenvalue weighted by molar-refractivity contribution is 6.65. The average Bonchev–Trinajstić information content (AvgIpc) is 3.00. The molecular formula is C18H25BClNO3. The van der Waals surface area contributed by atoms with E-state index in [2.05, 4.69) is 6.92 Å². The third-order valence-corrected chi connectivity index (χ3v) is 5.91. The van der Waals surface area contributed by atoms with Crippen LogP contribution in [0.25, 0.3) is 0 Å². The first-order valence-electron chi connectivity index (χ1n) is 8.58. The summed E-state index contributed by atoms with van der Waals surface area (Å²) in [5.74, 6) is 0.0504. The second-order valence-electron chi connectivity index (χ2n) is 7.81. The summed E-state index contributed by atoms with van der Waals surface area (Å²) in [6.07, 6.45) is 2.12. The molecule has 0 aromatic heterocycles. The van der Waals surface area contributed by atoms with Gasteiger partial charge >= 0.3 is 7.12 Å². The summed E-state index contributed by atoms with van der Waals surface area (Å²) < 4.78 is 12.2. The molecule has 0 N–H and O–H groups in total. The number of amides is 1. The maximum atomic E-state index is 12.8. The molecule has 2 aliphatic rings.